The van der Waals surface area contributed by atoms with Gasteiger partial charge in [0.05, 0.1) is 11.6 Å². The highest BCUT2D eigenvalue weighted by molar-refractivity contribution is 9.10. The second-order valence-electron chi connectivity index (χ2n) is 5.47. The molecule has 1 heterocycles. The summed E-state index contributed by atoms with van der Waals surface area (Å²) in [6.07, 6.45) is 0. The van der Waals surface area contributed by atoms with Crippen LogP contribution in [0.3, 0.4) is 0 Å². The first-order valence-electron chi connectivity index (χ1n) is 6.09. The molecule has 1 aromatic rings. The maximum Gasteiger partial charge on any atom is 0.0992 e. The van der Waals surface area contributed by atoms with Gasteiger partial charge < -0.3 is 4.90 Å². The normalized spacial score (nSPS) is 19.6. The highest BCUT2D eigenvalue weighted by atomic mass is 79.9. The summed E-state index contributed by atoms with van der Waals surface area (Å²) in [5.74, 6) is 0. The molecule has 0 amide bonds. The zero-order valence-corrected chi connectivity index (χ0v) is 12.7. The second-order valence-corrected chi connectivity index (χ2v) is 6.38. The van der Waals surface area contributed by atoms with Crippen LogP contribution in [0.15, 0.2) is 22.7 Å². The molecule has 0 aromatic heterocycles. The van der Waals surface area contributed by atoms with Crippen molar-refractivity contribution in [2.24, 2.45) is 0 Å². The molecule has 4 heteroatoms. The predicted molar refractivity (Wildman–Crippen MR) is 77.8 cm³/mol. The van der Waals surface area contributed by atoms with Crippen molar-refractivity contribution in [3.63, 3.8) is 0 Å². The summed E-state index contributed by atoms with van der Waals surface area (Å²) >= 11 is 3.47. The molecule has 1 fully saturated rings. The zero-order chi connectivity index (χ0) is 13.3. The average molecular weight is 308 g/mol. The lowest BCUT2D eigenvalue weighted by molar-refractivity contribution is 0.139. The summed E-state index contributed by atoms with van der Waals surface area (Å²) in [6, 6.07) is 8.11. The Morgan fingerprint density at radius 1 is 1.28 bits per heavy atom. The molecule has 0 N–H and O–H groups in total. The summed E-state index contributed by atoms with van der Waals surface area (Å²) in [5.41, 5.74) is 1.99. The molecule has 0 saturated carbocycles. The molecule has 1 saturated heterocycles. The Bertz CT molecular complexity index is 490. The monoisotopic (exact) mass is 307 g/mol. The molecule has 18 heavy (non-hydrogen) atoms. The van der Waals surface area contributed by atoms with Gasteiger partial charge >= 0.3 is 0 Å². The summed E-state index contributed by atoms with van der Waals surface area (Å²) in [4.78, 5) is 4.73. The Labute approximate surface area is 117 Å². The van der Waals surface area contributed by atoms with E-state index >= 15 is 0 Å². The standard InChI is InChI=1S/C14H18BrN3/c1-14(2)10-18(5-4-17(14)3)13-7-11(9-16)6-12(15)8-13/h6-8H,4-5,10H2,1-3H3. The molecule has 0 unspecified atom stereocenters. The van der Waals surface area contributed by atoms with Crippen molar-refractivity contribution in [1.82, 2.24) is 4.90 Å². The third-order valence-corrected chi connectivity index (χ3v) is 4.15. The number of anilines is 1. The minimum atomic E-state index is 0.160. The van der Waals surface area contributed by atoms with Crippen molar-refractivity contribution in [1.29, 1.82) is 5.26 Å². The van der Waals surface area contributed by atoms with E-state index < -0.39 is 0 Å². The van der Waals surface area contributed by atoms with Crippen molar-refractivity contribution in [2.45, 2.75) is 19.4 Å². The van der Waals surface area contributed by atoms with Gasteiger partial charge in [-0.1, -0.05) is 15.9 Å². The van der Waals surface area contributed by atoms with Crippen LogP contribution in [0, 0.1) is 11.3 Å². The van der Waals surface area contributed by atoms with Crippen LogP contribution in [0.5, 0.6) is 0 Å². The van der Waals surface area contributed by atoms with E-state index in [1.165, 1.54) is 0 Å². The van der Waals surface area contributed by atoms with Crippen LogP contribution < -0.4 is 4.90 Å². The minimum Gasteiger partial charge on any atom is -0.368 e. The SMILES string of the molecule is CN1CCN(c2cc(Br)cc(C#N)c2)CC1(C)C. The van der Waals surface area contributed by atoms with Crippen molar-refractivity contribution >= 4 is 21.6 Å². The van der Waals surface area contributed by atoms with Gasteiger partial charge in [0.15, 0.2) is 0 Å². The molecule has 96 valence electrons. The first-order valence-corrected chi connectivity index (χ1v) is 6.88. The van der Waals surface area contributed by atoms with Crippen molar-refractivity contribution in [3.8, 4) is 6.07 Å². The van der Waals surface area contributed by atoms with Crippen LogP contribution in [0.25, 0.3) is 0 Å². The molecule has 0 radical (unpaired) electrons. The molecule has 0 spiro atoms. The summed E-state index contributed by atoms with van der Waals surface area (Å²) in [5, 5.41) is 9.03. The van der Waals surface area contributed by atoms with Gasteiger partial charge in [-0.3, -0.25) is 4.90 Å². The number of hydrogen-bond donors (Lipinski definition) is 0. The fourth-order valence-corrected chi connectivity index (χ4v) is 2.76. The Kier molecular flexibility index (Phi) is 3.65. The summed E-state index contributed by atoms with van der Waals surface area (Å²) in [7, 11) is 2.17. The van der Waals surface area contributed by atoms with Crippen LogP contribution in [0.1, 0.15) is 19.4 Å². The molecule has 0 atom stereocenters. The van der Waals surface area contributed by atoms with E-state index in [0.29, 0.717) is 5.56 Å². The number of benzene rings is 1. The van der Waals surface area contributed by atoms with Crippen LogP contribution in [0.4, 0.5) is 5.69 Å². The van der Waals surface area contributed by atoms with Crippen molar-refractivity contribution in [2.75, 3.05) is 31.6 Å². The first-order chi connectivity index (χ1) is 8.42. The molecule has 1 aliphatic rings. The van der Waals surface area contributed by atoms with E-state index in [1.54, 1.807) is 0 Å². The Hall–Kier alpha value is -1.05. The van der Waals surface area contributed by atoms with Gasteiger partial charge in [0.25, 0.3) is 0 Å². The third kappa shape index (κ3) is 2.68. The van der Waals surface area contributed by atoms with Crippen LogP contribution in [-0.2, 0) is 0 Å². The van der Waals surface area contributed by atoms with Gasteiger partial charge in [-0.2, -0.15) is 5.26 Å². The Morgan fingerprint density at radius 3 is 2.61 bits per heavy atom. The number of rotatable bonds is 1. The summed E-state index contributed by atoms with van der Waals surface area (Å²) < 4.78 is 0.966. The van der Waals surface area contributed by atoms with Gasteiger partial charge in [0.2, 0.25) is 0 Å². The maximum absolute atomic E-state index is 9.03. The van der Waals surface area contributed by atoms with Crippen LogP contribution in [0.2, 0.25) is 0 Å². The number of hydrogen-bond acceptors (Lipinski definition) is 3. The van der Waals surface area contributed by atoms with Crippen molar-refractivity contribution < 1.29 is 0 Å². The molecule has 0 bridgehead atoms. The lowest BCUT2D eigenvalue weighted by Gasteiger charge is -2.46. The van der Waals surface area contributed by atoms with Crippen LogP contribution >= 0.6 is 15.9 Å². The van der Waals surface area contributed by atoms with Gasteiger partial charge in [0.1, 0.15) is 0 Å². The van der Waals surface area contributed by atoms with E-state index in [4.69, 9.17) is 5.26 Å². The van der Waals surface area contributed by atoms with Crippen LogP contribution in [-0.4, -0.2) is 37.1 Å². The minimum absolute atomic E-state index is 0.160. The fraction of sp³-hybridized carbons (Fsp3) is 0.500. The quantitative estimate of drug-likeness (QED) is 0.799. The van der Waals surface area contributed by atoms with Gasteiger partial charge in [-0.25, -0.2) is 0 Å². The first kappa shape index (κ1) is 13.4. The molecule has 0 aliphatic carbocycles. The lowest BCUT2D eigenvalue weighted by atomic mass is 9.99. The molecule has 1 aliphatic heterocycles. The second kappa shape index (κ2) is 4.91. The van der Waals surface area contributed by atoms with E-state index in [2.05, 4.69) is 58.8 Å². The molecular formula is C14H18BrN3. The highest BCUT2D eigenvalue weighted by Crippen LogP contribution is 2.27. The molecular weight excluding hydrogens is 290 g/mol. The van der Waals surface area contributed by atoms with Gasteiger partial charge in [0, 0.05) is 35.3 Å². The number of nitriles is 1. The average Bonchev–Trinajstić information content (AvgIpc) is 2.31. The number of halogens is 1. The highest BCUT2D eigenvalue weighted by Gasteiger charge is 2.31. The predicted octanol–water partition coefficient (Wildman–Crippen LogP) is 2.85. The fourth-order valence-electron chi connectivity index (χ4n) is 2.28. The van der Waals surface area contributed by atoms with Crippen molar-refractivity contribution in [3.05, 3.63) is 28.2 Å². The summed E-state index contributed by atoms with van der Waals surface area (Å²) in [6.45, 7) is 7.53. The number of nitrogens with zero attached hydrogens (tertiary/aromatic N) is 3. The lowest BCUT2D eigenvalue weighted by Crippen LogP contribution is -2.57. The maximum atomic E-state index is 9.03. The molecule has 2 rings (SSSR count). The van der Waals surface area contributed by atoms with E-state index in [0.717, 1.165) is 29.8 Å². The smallest absolute Gasteiger partial charge is 0.0992 e. The van der Waals surface area contributed by atoms with E-state index in [1.807, 2.05) is 12.1 Å². The Balaban J connectivity index is 2.28. The largest absolute Gasteiger partial charge is 0.368 e. The topological polar surface area (TPSA) is 30.3 Å². The van der Waals surface area contributed by atoms with Gasteiger partial charge in [-0.05, 0) is 39.1 Å². The van der Waals surface area contributed by atoms with Gasteiger partial charge in [-0.15, -0.1) is 0 Å². The number of piperazine rings is 1. The molecule has 3 nitrogen and oxygen atoms in total. The third-order valence-electron chi connectivity index (χ3n) is 3.69. The number of likely N-dealkylation sites (N-methyl/N-ethyl adjacent to an activating group) is 1. The molecule has 1 aromatic carbocycles. The van der Waals surface area contributed by atoms with E-state index in [-0.39, 0.29) is 5.54 Å². The zero-order valence-electron chi connectivity index (χ0n) is 11.1. The Morgan fingerprint density at radius 2 is 2.00 bits per heavy atom. The van der Waals surface area contributed by atoms with E-state index in [9.17, 15) is 0 Å².